The molecule has 2 heterocycles. The van der Waals surface area contributed by atoms with Crippen molar-refractivity contribution in [2.24, 2.45) is 5.92 Å². The maximum atomic E-state index is 13.0. The summed E-state index contributed by atoms with van der Waals surface area (Å²) in [6.07, 6.45) is 1.12. The molecule has 2 aliphatic rings. The zero-order valence-corrected chi connectivity index (χ0v) is 13.8. The standard InChI is InChI=1S/C19H20N2O.ClH/c22-19(21-11-10-15-12-20-18(15)13-21)17-9-5-4-8-16(17)14-6-2-1-3-7-14;/h1-9,15,18,20H,10-13H2;1H/t15-,18-;/m0./s1. The molecule has 0 aromatic heterocycles. The molecule has 120 valence electrons. The van der Waals surface area contributed by atoms with Crippen molar-refractivity contribution in [3.8, 4) is 11.1 Å². The van der Waals surface area contributed by atoms with Crippen molar-refractivity contribution in [1.29, 1.82) is 0 Å². The van der Waals surface area contributed by atoms with E-state index in [9.17, 15) is 4.79 Å². The predicted molar refractivity (Wildman–Crippen MR) is 94.9 cm³/mol. The van der Waals surface area contributed by atoms with Crippen LogP contribution in [0.15, 0.2) is 54.6 Å². The average Bonchev–Trinajstić information content (AvgIpc) is 2.56. The number of rotatable bonds is 2. The third-order valence-electron chi connectivity index (χ3n) is 4.93. The lowest BCUT2D eigenvalue weighted by Gasteiger charge is -2.46. The molecule has 0 aliphatic carbocycles. The monoisotopic (exact) mass is 328 g/mol. The zero-order chi connectivity index (χ0) is 14.9. The van der Waals surface area contributed by atoms with E-state index in [1.54, 1.807) is 0 Å². The molecule has 0 saturated carbocycles. The predicted octanol–water partition coefficient (Wildman–Crippen LogP) is 3.21. The van der Waals surface area contributed by atoms with Crippen molar-refractivity contribution < 1.29 is 4.79 Å². The number of carbonyl (C=O) groups excluding carboxylic acids is 1. The van der Waals surface area contributed by atoms with E-state index < -0.39 is 0 Å². The molecule has 3 nitrogen and oxygen atoms in total. The van der Waals surface area contributed by atoms with Gasteiger partial charge in [0.2, 0.25) is 0 Å². The Morgan fingerprint density at radius 3 is 2.48 bits per heavy atom. The molecule has 2 aromatic rings. The van der Waals surface area contributed by atoms with Crippen LogP contribution < -0.4 is 5.32 Å². The molecule has 0 radical (unpaired) electrons. The van der Waals surface area contributed by atoms with Crippen LogP contribution in [0.25, 0.3) is 11.1 Å². The number of nitrogens with one attached hydrogen (secondary N) is 1. The summed E-state index contributed by atoms with van der Waals surface area (Å²) >= 11 is 0. The molecular formula is C19H21ClN2O. The van der Waals surface area contributed by atoms with E-state index in [0.29, 0.717) is 6.04 Å². The number of carbonyl (C=O) groups is 1. The van der Waals surface area contributed by atoms with Gasteiger partial charge in [-0.1, -0.05) is 48.5 Å². The third-order valence-corrected chi connectivity index (χ3v) is 4.93. The number of likely N-dealkylation sites (tertiary alicyclic amines) is 1. The number of benzene rings is 2. The number of amides is 1. The molecule has 23 heavy (non-hydrogen) atoms. The number of fused-ring (bicyclic) bond motifs is 1. The fourth-order valence-corrected chi connectivity index (χ4v) is 3.51. The van der Waals surface area contributed by atoms with E-state index in [0.717, 1.165) is 48.7 Å². The summed E-state index contributed by atoms with van der Waals surface area (Å²) in [4.78, 5) is 15.0. The second kappa shape index (κ2) is 6.73. The summed E-state index contributed by atoms with van der Waals surface area (Å²) in [7, 11) is 0. The lowest BCUT2D eigenvalue weighted by atomic mass is 9.84. The molecule has 2 saturated heterocycles. The van der Waals surface area contributed by atoms with Crippen LogP contribution >= 0.6 is 12.4 Å². The van der Waals surface area contributed by atoms with Crippen LogP contribution in [-0.4, -0.2) is 36.5 Å². The van der Waals surface area contributed by atoms with Gasteiger partial charge in [0, 0.05) is 24.7 Å². The Morgan fingerprint density at radius 1 is 1.04 bits per heavy atom. The second-order valence-corrected chi connectivity index (χ2v) is 6.23. The van der Waals surface area contributed by atoms with Gasteiger partial charge < -0.3 is 10.2 Å². The zero-order valence-electron chi connectivity index (χ0n) is 12.9. The maximum absolute atomic E-state index is 13.0. The van der Waals surface area contributed by atoms with E-state index in [1.807, 2.05) is 47.4 Å². The van der Waals surface area contributed by atoms with Crippen LogP contribution in [-0.2, 0) is 0 Å². The number of halogens is 1. The van der Waals surface area contributed by atoms with Crippen molar-refractivity contribution in [2.75, 3.05) is 19.6 Å². The van der Waals surface area contributed by atoms with Gasteiger partial charge in [-0.3, -0.25) is 4.79 Å². The Morgan fingerprint density at radius 2 is 1.78 bits per heavy atom. The molecule has 0 bridgehead atoms. The lowest BCUT2D eigenvalue weighted by molar-refractivity contribution is 0.0519. The summed E-state index contributed by atoms with van der Waals surface area (Å²) in [5.41, 5.74) is 2.94. The first-order chi connectivity index (χ1) is 10.8. The van der Waals surface area contributed by atoms with Crippen molar-refractivity contribution in [3.05, 3.63) is 60.2 Å². The van der Waals surface area contributed by atoms with Crippen LogP contribution in [0.5, 0.6) is 0 Å². The van der Waals surface area contributed by atoms with Crippen molar-refractivity contribution >= 4 is 18.3 Å². The molecule has 2 aromatic carbocycles. The van der Waals surface area contributed by atoms with E-state index in [1.165, 1.54) is 0 Å². The average molecular weight is 329 g/mol. The van der Waals surface area contributed by atoms with Crippen LogP contribution in [0.3, 0.4) is 0 Å². The van der Waals surface area contributed by atoms with Crippen LogP contribution in [0, 0.1) is 5.92 Å². The van der Waals surface area contributed by atoms with Gasteiger partial charge in [-0.05, 0) is 36.1 Å². The van der Waals surface area contributed by atoms with Gasteiger partial charge in [0.15, 0.2) is 0 Å². The van der Waals surface area contributed by atoms with E-state index in [-0.39, 0.29) is 18.3 Å². The van der Waals surface area contributed by atoms with Gasteiger partial charge in [-0.2, -0.15) is 0 Å². The Labute approximate surface area is 143 Å². The van der Waals surface area contributed by atoms with Gasteiger partial charge in [0.25, 0.3) is 5.91 Å². The van der Waals surface area contributed by atoms with Gasteiger partial charge in [-0.25, -0.2) is 0 Å². The van der Waals surface area contributed by atoms with E-state index in [4.69, 9.17) is 0 Å². The Kier molecular flexibility index (Phi) is 4.69. The highest BCUT2D eigenvalue weighted by molar-refractivity contribution is 6.01. The first-order valence-corrected chi connectivity index (χ1v) is 8.00. The maximum Gasteiger partial charge on any atom is 0.254 e. The second-order valence-electron chi connectivity index (χ2n) is 6.23. The van der Waals surface area contributed by atoms with Crippen molar-refractivity contribution in [1.82, 2.24) is 10.2 Å². The summed E-state index contributed by atoms with van der Waals surface area (Å²) in [6.45, 7) is 2.84. The Balaban J connectivity index is 0.00000156. The quantitative estimate of drug-likeness (QED) is 0.918. The molecule has 2 fully saturated rings. The molecule has 0 unspecified atom stereocenters. The number of hydrogen-bond donors (Lipinski definition) is 1. The van der Waals surface area contributed by atoms with Gasteiger partial charge in [0.05, 0.1) is 0 Å². The minimum Gasteiger partial charge on any atom is -0.337 e. The van der Waals surface area contributed by atoms with Gasteiger partial charge in [-0.15, -0.1) is 12.4 Å². The number of nitrogens with zero attached hydrogens (tertiary/aromatic N) is 1. The minimum atomic E-state index is 0. The fourth-order valence-electron chi connectivity index (χ4n) is 3.51. The fraction of sp³-hybridized carbons (Fsp3) is 0.316. The largest absolute Gasteiger partial charge is 0.337 e. The van der Waals surface area contributed by atoms with Crippen molar-refractivity contribution in [3.63, 3.8) is 0 Å². The molecule has 0 spiro atoms. The summed E-state index contributed by atoms with van der Waals surface area (Å²) in [5, 5.41) is 3.44. The highest BCUT2D eigenvalue weighted by Crippen LogP contribution is 2.28. The topological polar surface area (TPSA) is 32.3 Å². The Hall–Kier alpha value is -1.84. The molecular weight excluding hydrogens is 308 g/mol. The molecule has 4 rings (SSSR count). The van der Waals surface area contributed by atoms with E-state index in [2.05, 4.69) is 17.4 Å². The van der Waals surface area contributed by atoms with Crippen LogP contribution in [0.4, 0.5) is 0 Å². The number of hydrogen-bond acceptors (Lipinski definition) is 2. The minimum absolute atomic E-state index is 0. The molecule has 4 heteroatoms. The summed E-state index contributed by atoms with van der Waals surface area (Å²) in [6, 6.07) is 18.6. The van der Waals surface area contributed by atoms with E-state index >= 15 is 0 Å². The SMILES string of the molecule is Cl.O=C(c1ccccc1-c1ccccc1)N1CC[C@H]2CN[C@H]2C1. The molecule has 1 N–H and O–H groups in total. The number of piperidine rings is 1. The first-order valence-electron chi connectivity index (χ1n) is 8.00. The summed E-state index contributed by atoms with van der Waals surface area (Å²) < 4.78 is 0. The normalized spacial score (nSPS) is 22.5. The van der Waals surface area contributed by atoms with Crippen LogP contribution in [0.2, 0.25) is 0 Å². The van der Waals surface area contributed by atoms with Crippen LogP contribution in [0.1, 0.15) is 16.8 Å². The smallest absolute Gasteiger partial charge is 0.254 e. The Bertz CT molecular complexity index is 689. The molecule has 2 aliphatic heterocycles. The first kappa shape index (κ1) is 16.0. The van der Waals surface area contributed by atoms with Gasteiger partial charge >= 0.3 is 0 Å². The highest BCUT2D eigenvalue weighted by Gasteiger charge is 2.37. The molecule has 1 amide bonds. The highest BCUT2D eigenvalue weighted by atomic mass is 35.5. The molecule has 2 atom stereocenters. The summed E-state index contributed by atoms with van der Waals surface area (Å²) in [5.74, 6) is 0.931. The van der Waals surface area contributed by atoms with Gasteiger partial charge in [0.1, 0.15) is 0 Å². The van der Waals surface area contributed by atoms with Crippen molar-refractivity contribution in [2.45, 2.75) is 12.5 Å². The third kappa shape index (κ3) is 2.99. The lowest BCUT2D eigenvalue weighted by Crippen LogP contribution is -2.62.